The molecule has 8 heteroatoms. The van der Waals surface area contributed by atoms with Gasteiger partial charge in [-0.1, -0.05) is 30.3 Å². The van der Waals surface area contributed by atoms with Crippen LogP contribution in [0.1, 0.15) is 27.3 Å². The topological polar surface area (TPSA) is 64.3 Å². The zero-order valence-electron chi connectivity index (χ0n) is 16.1. The maximum Gasteiger partial charge on any atom is 0.416 e. The van der Waals surface area contributed by atoms with Crippen LogP contribution in [-0.2, 0) is 19.3 Å². The Morgan fingerprint density at radius 3 is 2.35 bits per heavy atom. The highest BCUT2D eigenvalue weighted by Crippen LogP contribution is 2.33. The fraction of sp³-hybridized carbons (Fsp3) is 0.130. The molecule has 0 aliphatic carbocycles. The monoisotopic (exact) mass is 426 g/mol. The van der Waals surface area contributed by atoms with E-state index < -0.39 is 17.7 Å². The van der Waals surface area contributed by atoms with Gasteiger partial charge in [-0.05, 0) is 48.0 Å². The number of carboxylic acids is 1. The van der Waals surface area contributed by atoms with Gasteiger partial charge in [-0.15, -0.1) is 0 Å². The van der Waals surface area contributed by atoms with Crippen molar-refractivity contribution >= 4 is 17.0 Å². The first-order valence-electron chi connectivity index (χ1n) is 9.38. The summed E-state index contributed by atoms with van der Waals surface area (Å²) >= 11 is 0. The number of halogens is 3. The number of benzene rings is 3. The Morgan fingerprint density at radius 2 is 1.65 bits per heavy atom. The molecule has 1 N–H and O–H groups in total. The molecule has 5 nitrogen and oxygen atoms in total. The van der Waals surface area contributed by atoms with E-state index >= 15 is 0 Å². The van der Waals surface area contributed by atoms with E-state index in [0.29, 0.717) is 22.6 Å². The van der Waals surface area contributed by atoms with Crippen molar-refractivity contribution < 1.29 is 27.8 Å². The van der Waals surface area contributed by atoms with Crippen LogP contribution in [0.2, 0.25) is 0 Å². The second-order valence-electron chi connectivity index (χ2n) is 6.88. The number of imidazole rings is 1. The summed E-state index contributed by atoms with van der Waals surface area (Å²) in [4.78, 5) is 15.5. The van der Waals surface area contributed by atoms with Crippen molar-refractivity contribution in [2.75, 3.05) is 0 Å². The third-order valence-corrected chi connectivity index (χ3v) is 4.85. The standard InChI is InChI=1S/C23H17F3N2O3/c24-23(25,26)18-6-2-1-5-16(18)13-28-20-8-4-3-7-19(20)27-21(28)14-31-17-11-9-15(10-12-17)22(29)30/h1-12H,13-14H2,(H,29,30). The van der Waals surface area contributed by atoms with Crippen LogP contribution in [0, 0.1) is 0 Å². The Hall–Kier alpha value is -3.81. The summed E-state index contributed by atoms with van der Waals surface area (Å²) in [6.07, 6.45) is -4.46. The number of aromatic carboxylic acids is 1. The van der Waals surface area contributed by atoms with Crippen LogP contribution in [0.15, 0.2) is 72.8 Å². The van der Waals surface area contributed by atoms with Crippen LogP contribution in [-0.4, -0.2) is 20.6 Å². The van der Waals surface area contributed by atoms with Gasteiger partial charge in [0.15, 0.2) is 0 Å². The van der Waals surface area contributed by atoms with Gasteiger partial charge in [0.25, 0.3) is 0 Å². The first-order chi connectivity index (χ1) is 14.8. The highest BCUT2D eigenvalue weighted by atomic mass is 19.4. The van der Waals surface area contributed by atoms with Crippen LogP contribution in [0.3, 0.4) is 0 Å². The third kappa shape index (κ3) is 4.37. The average molecular weight is 426 g/mol. The number of carbonyl (C=O) groups is 1. The minimum atomic E-state index is -4.46. The summed E-state index contributed by atoms with van der Waals surface area (Å²) in [5, 5.41) is 8.99. The molecular weight excluding hydrogens is 409 g/mol. The average Bonchev–Trinajstić information content (AvgIpc) is 3.09. The van der Waals surface area contributed by atoms with Crippen LogP contribution in [0.5, 0.6) is 5.75 Å². The van der Waals surface area contributed by atoms with Crippen molar-refractivity contribution in [3.05, 3.63) is 95.3 Å². The van der Waals surface area contributed by atoms with Gasteiger partial charge >= 0.3 is 12.1 Å². The van der Waals surface area contributed by atoms with Gasteiger partial charge in [0.2, 0.25) is 0 Å². The Balaban J connectivity index is 1.66. The Morgan fingerprint density at radius 1 is 0.968 bits per heavy atom. The molecule has 0 atom stereocenters. The lowest BCUT2D eigenvalue weighted by Gasteiger charge is -2.15. The molecule has 0 spiro atoms. The predicted molar refractivity (Wildman–Crippen MR) is 108 cm³/mol. The van der Waals surface area contributed by atoms with Gasteiger partial charge in [0, 0.05) is 0 Å². The maximum atomic E-state index is 13.5. The summed E-state index contributed by atoms with van der Waals surface area (Å²) in [6, 6.07) is 18.5. The first-order valence-corrected chi connectivity index (χ1v) is 9.38. The van der Waals surface area contributed by atoms with Crippen molar-refractivity contribution in [3.8, 4) is 5.75 Å². The Kier molecular flexibility index (Phi) is 5.37. The quantitative estimate of drug-likeness (QED) is 0.450. The lowest BCUT2D eigenvalue weighted by Crippen LogP contribution is -2.14. The summed E-state index contributed by atoms with van der Waals surface area (Å²) in [6.45, 7) is -0.0118. The van der Waals surface area contributed by atoms with E-state index in [1.807, 2.05) is 0 Å². The molecule has 158 valence electrons. The van der Waals surface area contributed by atoms with Crippen molar-refractivity contribution in [2.24, 2.45) is 0 Å². The van der Waals surface area contributed by atoms with E-state index in [4.69, 9.17) is 9.84 Å². The second-order valence-corrected chi connectivity index (χ2v) is 6.88. The van der Waals surface area contributed by atoms with E-state index in [0.717, 1.165) is 6.07 Å². The van der Waals surface area contributed by atoms with Crippen LogP contribution in [0.4, 0.5) is 13.2 Å². The number of ether oxygens (including phenoxy) is 1. The van der Waals surface area contributed by atoms with E-state index in [-0.39, 0.29) is 24.3 Å². The molecule has 0 saturated heterocycles. The number of nitrogens with zero attached hydrogens (tertiary/aromatic N) is 2. The molecule has 31 heavy (non-hydrogen) atoms. The van der Waals surface area contributed by atoms with Gasteiger partial charge in [-0.2, -0.15) is 13.2 Å². The number of aromatic nitrogens is 2. The molecule has 0 radical (unpaired) electrons. The summed E-state index contributed by atoms with van der Waals surface area (Å²) < 4.78 is 47.8. The smallest absolute Gasteiger partial charge is 0.416 e. The van der Waals surface area contributed by atoms with E-state index in [1.165, 1.54) is 36.4 Å². The van der Waals surface area contributed by atoms with Gasteiger partial charge in [0.1, 0.15) is 18.2 Å². The SMILES string of the molecule is O=C(O)c1ccc(OCc2nc3ccccc3n2Cc2ccccc2C(F)(F)F)cc1. The van der Waals surface area contributed by atoms with Gasteiger partial charge in [0.05, 0.1) is 28.7 Å². The number of hydrogen-bond acceptors (Lipinski definition) is 3. The number of carboxylic acid groups (broad SMARTS) is 1. The van der Waals surface area contributed by atoms with Crippen LogP contribution in [0.25, 0.3) is 11.0 Å². The van der Waals surface area contributed by atoms with Crippen molar-refractivity contribution in [1.29, 1.82) is 0 Å². The third-order valence-electron chi connectivity index (χ3n) is 4.85. The fourth-order valence-corrected chi connectivity index (χ4v) is 3.36. The van der Waals surface area contributed by atoms with E-state index in [1.54, 1.807) is 34.9 Å². The van der Waals surface area contributed by atoms with Crippen LogP contribution >= 0.6 is 0 Å². The molecule has 0 saturated carbocycles. The molecule has 4 aromatic rings. The number of rotatable bonds is 6. The predicted octanol–water partition coefficient (Wildman–Crippen LogP) is 5.38. The van der Waals surface area contributed by atoms with E-state index in [2.05, 4.69) is 4.98 Å². The molecule has 0 aliphatic heterocycles. The van der Waals surface area contributed by atoms with Crippen molar-refractivity contribution in [2.45, 2.75) is 19.3 Å². The summed E-state index contributed by atoms with van der Waals surface area (Å²) in [5.41, 5.74) is 0.906. The molecule has 1 heterocycles. The van der Waals surface area contributed by atoms with Gasteiger partial charge in [-0.3, -0.25) is 0 Å². The fourth-order valence-electron chi connectivity index (χ4n) is 3.36. The molecule has 0 amide bonds. The van der Waals surface area contributed by atoms with Crippen LogP contribution < -0.4 is 4.74 Å². The molecular formula is C23H17F3N2O3. The minimum Gasteiger partial charge on any atom is -0.486 e. The second kappa shape index (κ2) is 8.14. The molecule has 4 rings (SSSR count). The normalized spacial score (nSPS) is 11.6. The number of fused-ring (bicyclic) bond motifs is 1. The molecule has 1 aromatic heterocycles. The zero-order chi connectivity index (χ0) is 22.0. The number of alkyl halides is 3. The first kappa shape index (κ1) is 20.5. The number of hydrogen-bond donors (Lipinski definition) is 1. The summed E-state index contributed by atoms with van der Waals surface area (Å²) in [5.74, 6) is -0.156. The van der Waals surface area contributed by atoms with Crippen molar-refractivity contribution in [1.82, 2.24) is 9.55 Å². The van der Waals surface area contributed by atoms with Gasteiger partial charge in [-0.25, -0.2) is 9.78 Å². The molecule has 0 unspecified atom stereocenters. The highest BCUT2D eigenvalue weighted by Gasteiger charge is 2.33. The largest absolute Gasteiger partial charge is 0.486 e. The number of para-hydroxylation sites is 2. The Bertz CT molecular complexity index is 1230. The highest BCUT2D eigenvalue weighted by molar-refractivity contribution is 5.87. The zero-order valence-corrected chi connectivity index (χ0v) is 16.1. The molecule has 0 fully saturated rings. The summed E-state index contributed by atoms with van der Waals surface area (Å²) in [7, 11) is 0. The lowest BCUT2D eigenvalue weighted by atomic mass is 10.1. The molecule has 3 aromatic carbocycles. The molecule has 0 bridgehead atoms. The minimum absolute atomic E-state index is 0.00921. The maximum absolute atomic E-state index is 13.5. The lowest BCUT2D eigenvalue weighted by molar-refractivity contribution is -0.138. The molecule has 0 aliphatic rings. The van der Waals surface area contributed by atoms with Gasteiger partial charge < -0.3 is 14.4 Å². The Labute approximate surface area is 175 Å². The van der Waals surface area contributed by atoms with E-state index in [9.17, 15) is 18.0 Å². The van der Waals surface area contributed by atoms with Crippen molar-refractivity contribution in [3.63, 3.8) is 0 Å².